The minimum atomic E-state index is -0.154. The van der Waals surface area contributed by atoms with Crippen LogP contribution in [-0.2, 0) is 9.59 Å². The zero-order valence-electron chi connectivity index (χ0n) is 21.5. The third-order valence-corrected chi connectivity index (χ3v) is 6.55. The van der Waals surface area contributed by atoms with Crippen LogP contribution in [0.15, 0.2) is 42.5 Å². The van der Waals surface area contributed by atoms with Gasteiger partial charge in [-0.05, 0) is 69.5 Å². The zero-order valence-corrected chi connectivity index (χ0v) is 21.5. The molecule has 2 aromatic carbocycles. The molecule has 192 valence electrons. The van der Waals surface area contributed by atoms with Gasteiger partial charge in [0.15, 0.2) is 0 Å². The predicted molar refractivity (Wildman–Crippen MR) is 148 cm³/mol. The number of hydrogen-bond acceptors (Lipinski definition) is 4. The maximum atomic E-state index is 12.9. The molecule has 3 amide bonds. The summed E-state index contributed by atoms with van der Waals surface area (Å²) in [6, 6.07) is 13.0. The lowest BCUT2D eigenvalue weighted by Gasteiger charge is -2.08. The largest absolute Gasteiger partial charge is 0.397 e. The number of carbonyl (C=O) groups excluding carboxylic acids is 3. The molecule has 8 nitrogen and oxygen atoms in total. The third-order valence-electron chi connectivity index (χ3n) is 6.55. The van der Waals surface area contributed by atoms with E-state index < -0.39 is 0 Å². The number of rotatable bonds is 9. The van der Waals surface area contributed by atoms with Crippen LogP contribution < -0.4 is 21.7 Å². The van der Waals surface area contributed by atoms with Crippen LogP contribution in [0.4, 0.5) is 17.1 Å². The number of nitrogens with two attached hydrogens (primary N) is 1. The van der Waals surface area contributed by atoms with Crippen LogP contribution in [0.3, 0.4) is 0 Å². The topological polar surface area (TPSA) is 129 Å². The molecular formula is C29H33N5O3. The fourth-order valence-electron chi connectivity index (χ4n) is 4.55. The number of hydrogen-bond donors (Lipinski definition) is 5. The lowest BCUT2D eigenvalue weighted by molar-refractivity contribution is -0.116. The van der Waals surface area contributed by atoms with E-state index in [1.807, 2.05) is 57.2 Å². The van der Waals surface area contributed by atoms with E-state index in [1.165, 1.54) is 0 Å². The van der Waals surface area contributed by atoms with Crippen molar-refractivity contribution in [2.75, 3.05) is 22.9 Å². The van der Waals surface area contributed by atoms with Crippen LogP contribution in [0.2, 0.25) is 0 Å². The van der Waals surface area contributed by atoms with E-state index in [-0.39, 0.29) is 17.7 Å². The molecule has 0 saturated carbocycles. The molecule has 0 unspecified atom stereocenters. The summed E-state index contributed by atoms with van der Waals surface area (Å²) in [4.78, 5) is 40.9. The minimum absolute atomic E-state index is 0.0733. The smallest absolute Gasteiger partial charge is 0.256 e. The van der Waals surface area contributed by atoms with E-state index >= 15 is 0 Å². The SMILES string of the molecule is Cc1ccc2c(c1)/C(=C/c1[nH]c(C)c(C(=O)NCCCCCC(=O)Nc3ccccc3N)c1C)C(=O)N2. The quantitative estimate of drug-likeness (QED) is 0.162. The maximum absolute atomic E-state index is 12.9. The monoisotopic (exact) mass is 499 g/mol. The number of aromatic nitrogens is 1. The molecule has 3 aromatic rings. The number of H-pyrrole nitrogens is 1. The number of nitrogens with one attached hydrogen (secondary N) is 4. The molecular weight excluding hydrogens is 466 g/mol. The lowest BCUT2D eigenvalue weighted by Crippen LogP contribution is -2.25. The number of aromatic amines is 1. The van der Waals surface area contributed by atoms with Crippen molar-refractivity contribution in [3.63, 3.8) is 0 Å². The van der Waals surface area contributed by atoms with Gasteiger partial charge in [0, 0.05) is 35.6 Å². The van der Waals surface area contributed by atoms with Crippen molar-refractivity contribution in [2.45, 2.75) is 46.5 Å². The van der Waals surface area contributed by atoms with Crippen LogP contribution in [0.25, 0.3) is 11.6 Å². The fourth-order valence-corrected chi connectivity index (χ4v) is 4.55. The van der Waals surface area contributed by atoms with Crippen molar-refractivity contribution in [2.24, 2.45) is 0 Å². The highest BCUT2D eigenvalue weighted by Gasteiger charge is 2.25. The van der Waals surface area contributed by atoms with Gasteiger partial charge in [-0.2, -0.15) is 0 Å². The van der Waals surface area contributed by atoms with Gasteiger partial charge in [0.1, 0.15) is 0 Å². The molecule has 8 heteroatoms. The van der Waals surface area contributed by atoms with Gasteiger partial charge < -0.3 is 26.7 Å². The number of unbranched alkanes of at least 4 members (excludes halogenated alkanes) is 2. The first-order valence-corrected chi connectivity index (χ1v) is 12.5. The van der Waals surface area contributed by atoms with Gasteiger partial charge in [-0.3, -0.25) is 14.4 Å². The van der Waals surface area contributed by atoms with Crippen LogP contribution in [0, 0.1) is 20.8 Å². The number of benzene rings is 2. The summed E-state index contributed by atoms with van der Waals surface area (Å²) in [6.07, 6.45) is 4.51. The molecule has 37 heavy (non-hydrogen) atoms. The first-order chi connectivity index (χ1) is 17.7. The van der Waals surface area contributed by atoms with Crippen LogP contribution in [0.1, 0.15) is 64.1 Å². The first-order valence-electron chi connectivity index (χ1n) is 12.5. The summed E-state index contributed by atoms with van der Waals surface area (Å²) in [5.41, 5.74) is 13.2. The molecule has 1 aliphatic heterocycles. The third kappa shape index (κ3) is 5.91. The van der Waals surface area contributed by atoms with Gasteiger partial charge >= 0.3 is 0 Å². The van der Waals surface area contributed by atoms with Gasteiger partial charge in [-0.15, -0.1) is 0 Å². The Balaban J connectivity index is 1.29. The van der Waals surface area contributed by atoms with Crippen LogP contribution >= 0.6 is 0 Å². The number of carbonyl (C=O) groups is 3. The van der Waals surface area contributed by atoms with Gasteiger partial charge in [0.2, 0.25) is 5.91 Å². The number of aryl methyl sites for hydroxylation is 2. The Hall–Kier alpha value is -4.33. The Morgan fingerprint density at radius 2 is 1.81 bits per heavy atom. The highest BCUT2D eigenvalue weighted by atomic mass is 16.2. The first kappa shape index (κ1) is 25.8. The zero-order chi connectivity index (χ0) is 26.5. The molecule has 0 radical (unpaired) electrons. The van der Waals surface area contributed by atoms with Crippen LogP contribution in [-0.4, -0.2) is 29.3 Å². The van der Waals surface area contributed by atoms with E-state index in [0.29, 0.717) is 35.5 Å². The molecule has 6 N–H and O–H groups in total. The van der Waals surface area contributed by atoms with Crippen molar-refractivity contribution in [3.05, 3.63) is 76.1 Å². The second-order valence-corrected chi connectivity index (χ2v) is 9.43. The van der Waals surface area contributed by atoms with Crippen molar-refractivity contribution < 1.29 is 14.4 Å². The highest BCUT2D eigenvalue weighted by molar-refractivity contribution is 6.35. The Kier molecular flexibility index (Phi) is 7.77. The Morgan fingerprint density at radius 3 is 2.59 bits per heavy atom. The standard InChI is InChI=1S/C29H33N5O3/c1-17-12-13-23-20(15-17)21(28(36)34-23)16-25-18(2)27(19(3)32-25)29(37)31-14-8-4-5-11-26(35)33-24-10-7-6-9-22(24)30/h6-7,9-10,12-13,15-16,32H,4-5,8,11,14,30H2,1-3H3,(H,31,37)(H,33,35)(H,34,36)/b21-16-. The molecule has 0 spiro atoms. The van der Waals surface area contributed by atoms with Crippen molar-refractivity contribution >= 4 is 46.4 Å². The summed E-state index contributed by atoms with van der Waals surface area (Å²) in [5, 5.41) is 8.70. The van der Waals surface area contributed by atoms with E-state index in [2.05, 4.69) is 20.9 Å². The van der Waals surface area contributed by atoms with Crippen molar-refractivity contribution in [1.29, 1.82) is 0 Å². The van der Waals surface area contributed by atoms with Gasteiger partial charge in [-0.25, -0.2) is 0 Å². The Labute approximate surface area is 216 Å². The average molecular weight is 500 g/mol. The number of para-hydroxylation sites is 2. The Morgan fingerprint density at radius 1 is 1.03 bits per heavy atom. The molecule has 0 fully saturated rings. The second kappa shape index (κ2) is 11.2. The van der Waals surface area contributed by atoms with Gasteiger partial charge in [0.25, 0.3) is 11.8 Å². The predicted octanol–water partition coefficient (Wildman–Crippen LogP) is 4.94. The number of nitrogen functional groups attached to an aromatic ring is 1. The molecule has 4 rings (SSSR count). The highest BCUT2D eigenvalue weighted by Crippen LogP contribution is 2.34. The lowest BCUT2D eigenvalue weighted by atomic mass is 10.0. The Bertz CT molecular complexity index is 1390. The molecule has 1 aromatic heterocycles. The van der Waals surface area contributed by atoms with Crippen molar-refractivity contribution in [1.82, 2.24) is 10.3 Å². The van der Waals surface area contributed by atoms with E-state index in [9.17, 15) is 14.4 Å². The summed E-state index contributed by atoms with van der Waals surface area (Å²) < 4.78 is 0. The molecule has 0 bridgehead atoms. The molecule has 0 saturated heterocycles. The normalized spacial score (nSPS) is 13.4. The van der Waals surface area contributed by atoms with Gasteiger partial charge in [-0.1, -0.05) is 30.2 Å². The summed E-state index contributed by atoms with van der Waals surface area (Å²) in [7, 11) is 0. The van der Waals surface area contributed by atoms with Gasteiger partial charge in [0.05, 0.1) is 22.5 Å². The van der Waals surface area contributed by atoms with Crippen molar-refractivity contribution in [3.8, 4) is 0 Å². The molecule has 1 aliphatic rings. The summed E-state index contributed by atoms with van der Waals surface area (Å²) >= 11 is 0. The van der Waals surface area contributed by atoms with Crippen LogP contribution in [0.5, 0.6) is 0 Å². The molecule has 2 heterocycles. The van der Waals surface area contributed by atoms with E-state index in [0.717, 1.165) is 53.0 Å². The number of fused-ring (bicyclic) bond motifs is 1. The number of amides is 3. The fraction of sp³-hybridized carbons (Fsp3) is 0.276. The minimum Gasteiger partial charge on any atom is -0.397 e. The maximum Gasteiger partial charge on any atom is 0.256 e. The number of anilines is 3. The summed E-state index contributed by atoms with van der Waals surface area (Å²) in [5.74, 6) is -0.379. The van der Waals surface area contributed by atoms with E-state index in [1.54, 1.807) is 12.1 Å². The molecule has 0 atom stereocenters. The summed E-state index contributed by atoms with van der Waals surface area (Å²) in [6.45, 7) is 6.24. The average Bonchev–Trinajstić information content (AvgIpc) is 3.31. The molecule has 0 aliphatic carbocycles. The van der Waals surface area contributed by atoms with E-state index in [4.69, 9.17) is 5.73 Å². The second-order valence-electron chi connectivity index (χ2n) is 9.43.